The number of nitro benzene ring substituents is 1. The van der Waals surface area contributed by atoms with Gasteiger partial charge in [-0.2, -0.15) is 0 Å². The Kier molecular flexibility index (Phi) is 5.84. The second-order valence-corrected chi connectivity index (χ2v) is 6.96. The number of piperidine rings is 1. The van der Waals surface area contributed by atoms with E-state index in [9.17, 15) is 19.7 Å². The van der Waals surface area contributed by atoms with Crippen LogP contribution in [0.1, 0.15) is 24.8 Å². The minimum atomic E-state index is -0.627. The fourth-order valence-electron chi connectivity index (χ4n) is 3.33. The Labute approximate surface area is 167 Å². The second kappa shape index (κ2) is 8.30. The van der Waals surface area contributed by atoms with Gasteiger partial charge in [0.2, 0.25) is 0 Å². The van der Waals surface area contributed by atoms with Crippen LogP contribution in [0.5, 0.6) is 0 Å². The molecule has 0 bridgehead atoms. The molecule has 2 saturated heterocycles. The quantitative estimate of drug-likeness (QED) is 0.204. The summed E-state index contributed by atoms with van der Waals surface area (Å²) < 4.78 is 0. The fraction of sp³-hybridized carbons (Fsp3) is 0.316. The number of nitro groups is 1. The summed E-state index contributed by atoms with van der Waals surface area (Å²) in [6.07, 6.45) is 5.96. The van der Waals surface area contributed by atoms with Gasteiger partial charge in [0.05, 0.1) is 4.92 Å². The van der Waals surface area contributed by atoms with Crippen LogP contribution in [0.15, 0.2) is 36.4 Å². The van der Waals surface area contributed by atoms with Crippen molar-refractivity contribution in [2.45, 2.75) is 19.3 Å². The highest BCUT2D eigenvalue weighted by Gasteiger charge is 2.32. The normalized spacial score (nSPS) is 19.0. The lowest BCUT2D eigenvalue weighted by molar-refractivity contribution is -0.384. The number of thiocarbonyl (C=S) groups is 1. The molecule has 1 N–H and O–H groups in total. The van der Waals surface area contributed by atoms with Gasteiger partial charge in [-0.05, 0) is 49.2 Å². The molecule has 1 aromatic carbocycles. The van der Waals surface area contributed by atoms with Crippen molar-refractivity contribution in [2.75, 3.05) is 24.5 Å². The van der Waals surface area contributed by atoms with Gasteiger partial charge in [0.15, 0.2) is 5.11 Å². The summed E-state index contributed by atoms with van der Waals surface area (Å²) in [6, 6.07) is 4.74. The highest BCUT2D eigenvalue weighted by atomic mass is 32.1. The van der Waals surface area contributed by atoms with Gasteiger partial charge < -0.3 is 4.90 Å². The molecule has 0 unspecified atom stereocenters. The van der Waals surface area contributed by atoms with Gasteiger partial charge in [-0.3, -0.25) is 29.9 Å². The van der Waals surface area contributed by atoms with E-state index in [1.165, 1.54) is 23.1 Å². The number of hydrogen-bond acceptors (Lipinski definition) is 6. The summed E-state index contributed by atoms with van der Waals surface area (Å²) in [4.78, 5) is 39.2. The summed E-state index contributed by atoms with van der Waals surface area (Å²) in [5, 5.41) is 14.1. The maximum atomic E-state index is 12.6. The van der Waals surface area contributed by atoms with E-state index in [2.05, 4.69) is 11.9 Å². The van der Waals surface area contributed by atoms with Crippen LogP contribution >= 0.6 is 12.2 Å². The minimum absolute atomic E-state index is 0.0125. The SMILES string of the molecule is C=CCN1C(=O)C(=Cc2ccc(N3CCCCC3)c([N+](=O)[O-])c2)C(=O)NC1=S. The highest BCUT2D eigenvalue weighted by Crippen LogP contribution is 2.32. The predicted molar refractivity (Wildman–Crippen MR) is 110 cm³/mol. The van der Waals surface area contributed by atoms with Gasteiger partial charge in [0, 0.05) is 25.7 Å². The van der Waals surface area contributed by atoms with Crippen molar-refractivity contribution in [1.82, 2.24) is 10.2 Å². The third kappa shape index (κ3) is 3.94. The smallest absolute Gasteiger partial charge is 0.293 e. The van der Waals surface area contributed by atoms with Crippen LogP contribution in [-0.4, -0.2) is 46.4 Å². The van der Waals surface area contributed by atoms with E-state index in [0.29, 0.717) is 11.3 Å². The molecule has 0 aliphatic carbocycles. The van der Waals surface area contributed by atoms with Crippen molar-refractivity contribution >= 4 is 46.6 Å². The monoisotopic (exact) mass is 400 g/mol. The van der Waals surface area contributed by atoms with Crippen LogP contribution in [0.25, 0.3) is 6.08 Å². The Morgan fingerprint density at radius 3 is 2.61 bits per heavy atom. The molecule has 2 aliphatic rings. The zero-order valence-corrected chi connectivity index (χ0v) is 16.0. The van der Waals surface area contributed by atoms with Crippen molar-refractivity contribution in [2.24, 2.45) is 0 Å². The van der Waals surface area contributed by atoms with Gasteiger partial charge in [-0.25, -0.2) is 0 Å². The number of rotatable bonds is 5. The first-order chi connectivity index (χ1) is 13.4. The first-order valence-electron chi connectivity index (χ1n) is 8.95. The standard InChI is InChI=1S/C19H20N4O4S/c1-2-8-22-18(25)14(17(24)20-19(22)28)11-13-6-7-15(16(12-13)23(26)27)21-9-4-3-5-10-21/h2,6-7,11-12H,1,3-5,8-10H2,(H,20,24,28). The molecule has 2 fully saturated rings. The number of carbonyl (C=O) groups excluding carboxylic acids is 2. The maximum Gasteiger partial charge on any atom is 0.293 e. The zero-order chi connectivity index (χ0) is 20.3. The summed E-state index contributed by atoms with van der Waals surface area (Å²) in [6.45, 7) is 5.28. The van der Waals surface area contributed by atoms with Crippen LogP contribution in [0.3, 0.4) is 0 Å². The zero-order valence-electron chi connectivity index (χ0n) is 15.2. The number of nitrogens with zero attached hydrogens (tertiary/aromatic N) is 3. The van der Waals surface area contributed by atoms with E-state index in [1.807, 2.05) is 4.90 Å². The van der Waals surface area contributed by atoms with Crippen molar-refractivity contribution in [3.05, 3.63) is 52.1 Å². The van der Waals surface area contributed by atoms with Crippen molar-refractivity contribution in [3.8, 4) is 0 Å². The molecule has 1 aromatic rings. The molecule has 2 amide bonds. The van der Waals surface area contributed by atoms with Crippen LogP contribution in [0.4, 0.5) is 11.4 Å². The average molecular weight is 400 g/mol. The minimum Gasteiger partial charge on any atom is -0.366 e. The first kappa shape index (κ1) is 19.7. The molecule has 0 saturated carbocycles. The third-order valence-corrected chi connectivity index (χ3v) is 5.02. The van der Waals surface area contributed by atoms with Crippen LogP contribution in [0, 0.1) is 10.1 Å². The third-order valence-electron chi connectivity index (χ3n) is 4.70. The molecule has 2 heterocycles. The lowest BCUT2D eigenvalue weighted by Crippen LogP contribution is -2.53. The summed E-state index contributed by atoms with van der Waals surface area (Å²) in [5.74, 6) is -1.19. The lowest BCUT2D eigenvalue weighted by atomic mass is 10.0. The molecular formula is C19H20N4O4S. The van der Waals surface area contributed by atoms with E-state index >= 15 is 0 Å². The number of nitrogens with one attached hydrogen (secondary N) is 1. The van der Waals surface area contributed by atoms with Gasteiger partial charge in [0.25, 0.3) is 17.5 Å². The Morgan fingerprint density at radius 2 is 1.96 bits per heavy atom. The lowest BCUT2D eigenvalue weighted by Gasteiger charge is -2.28. The molecule has 0 spiro atoms. The average Bonchev–Trinajstić information content (AvgIpc) is 2.69. The van der Waals surface area contributed by atoms with E-state index in [-0.39, 0.29) is 22.9 Å². The first-order valence-corrected chi connectivity index (χ1v) is 9.36. The molecule has 3 rings (SSSR count). The summed E-state index contributed by atoms with van der Waals surface area (Å²) in [5.41, 5.74) is 0.784. The van der Waals surface area contributed by atoms with Crippen molar-refractivity contribution < 1.29 is 14.5 Å². The predicted octanol–water partition coefficient (Wildman–Crippen LogP) is 2.40. The number of amides is 2. The van der Waals surface area contributed by atoms with E-state index in [0.717, 1.165) is 32.4 Å². The fourth-order valence-corrected chi connectivity index (χ4v) is 3.58. The van der Waals surface area contributed by atoms with E-state index in [1.54, 1.807) is 12.1 Å². The summed E-state index contributed by atoms with van der Waals surface area (Å²) >= 11 is 5.01. The molecule has 28 heavy (non-hydrogen) atoms. The molecule has 0 radical (unpaired) electrons. The largest absolute Gasteiger partial charge is 0.366 e. The maximum absolute atomic E-state index is 12.6. The molecule has 8 nitrogen and oxygen atoms in total. The topological polar surface area (TPSA) is 95.8 Å². The van der Waals surface area contributed by atoms with Crippen LogP contribution in [0.2, 0.25) is 0 Å². The molecular weight excluding hydrogens is 380 g/mol. The Balaban J connectivity index is 1.96. The molecule has 2 aliphatic heterocycles. The summed E-state index contributed by atoms with van der Waals surface area (Å²) in [7, 11) is 0. The molecule has 146 valence electrons. The molecule has 0 aromatic heterocycles. The highest BCUT2D eigenvalue weighted by molar-refractivity contribution is 7.80. The van der Waals surface area contributed by atoms with Crippen molar-refractivity contribution in [1.29, 1.82) is 0 Å². The molecule has 9 heteroatoms. The Bertz CT molecular complexity index is 890. The van der Waals surface area contributed by atoms with E-state index in [4.69, 9.17) is 12.2 Å². The van der Waals surface area contributed by atoms with Gasteiger partial charge in [-0.15, -0.1) is 6.58 Å². The Hall–Kier alpha value is -3.07. The number of anilines is 1. The Morgan fingerprint density at radius 1 is 1.25 bits per heavy atom. The van der Waals surface area contributed by atoms with Crippen molar-refractivity contribution in [3.63, 3.8) is 0 Å². The number of carbonyl (C=O) groups is 2. The number of hydrogen-bond donors (Lipinski definition) is 1. The van der Waals surface area contributed by atoms with E-state index < -0.39 is 16.7 Å². The van der Waals surface area contributed by atoms with Gasteiger partial charge in [-0.1, -0.05) is 12.1 Å². The second-order valence-electron chi connectivity index (χ2n) is 6.57. The number of benzene rings is 1. The molecule has 0 atom stereocenters. The van der Waals surface area contributed by atoms with Gasteiger partial charge in [0.1, 0.15) is 11.3 Å². The van der Waals surface area contributed by atoms with Gasteiger partial charge >= 0.3 is 0 Å². The van der Waals surface area contributed by atoms with Crippen LogP contribution in [-0.2, 0) is 9.59 Å². The van der Waals surface area contributed by atoms with Crippen LogP contribution < -0.4 is 10.2 Å².